The summed E-state index contributed by atoms with van der Waals surface area (Å²) in [5.74, 6) is 0.193. The molecule has 0 fully saturated rings. The van der Waals surface area contributed by atoms with E-state index in [0.29, 0.717) is 5.56 Å². The Morgan fingerprint density at radius 3 is 2.36 bits per heavy atom. The van der Waals surface area contributed by atoms with Crippen LogP contribution in [0.2, 0.25) is 0 Å². The minimum absolute atomic E-state index is 0.193. The van der Waals surface area contributed by atoms with E-state index in [9.17, 15) is 5.11 Å². The fourth-order valence-electron chi connectivity index (χ4n) is 1.81. The maximum atomic E-state index is 9.56. The summed E-state index contributed by atoms with van der Waals surface area (Å²) in [6.07, 6.45) is 6.91. The fraction of sp³-hybridized carbons (Fsp3) is 0.111. The van der Waals surface area contributed by atoms with Gasteiger partial charge in [0.25, 0.3) is 0 Å². The number of rotatable bonds is 5. The van der Waals surface area contributed by atoms with Crippen molar-refractivity contribution in [2.45, 2.75) is 0 Å². The number of hydrogen-bond acceptors (Lipinski definition) is 4. The second kappa shape index (κ2) is 7.78. The van der Waals surface area contributed by atoms with Crippen molar-refractivity contribution < 1.29 is 5.11 Å². The molecule has 2 aromatic carbocycles. The second-order valence-corrected chi connectivity index (χ2v) is 4.91. The van der Waals surface area contributed by atoms with E-state index in [2.05, 4.69) is 27.2 Å². The van der Waals surface area contributed by atoms with Crippen LogP contribution in [0, 0.1) is 0 Å². The number of nitrogens with zero attached hydrogens (tertiary/aromatic N) is 3. The molecule has 2 aromatic rings. The zero-order chi connectivity index (χ0) is 15.8. The number of phenolic OH excluding ortho intramolecular Hbond substituents is 1. The lowest BCUT2D eigenvalue weighted by atomic mass is 10.2. The van der Waals surface area contributed by atoms with Gasteiger partial charge in [-0.2, -0.15) is 10.2 Å². The molecule has 0 saturated carbocycles. The molecule has 2 rings (SSSR count). The highest BCUT2D eigenvalue weighted by Crippen LogP contribution is 2.13. The third-order valence-electron chi connectivity index (χ3n) is 3.05. The molecule has 112 valence electrons. The predicted molar refractivity (Wildman–Crippen MR) is 94.0 cm³/mol. The average molecular weight is 293 g/mol. The molecule has 0 radical (unpaired) electrons. The lowest BCUT2D eigenvalue weighted by Crippen LogP contribution is -2.07. The minimum Gasteiger partial charge on any atom is -0.507 e. The van der Waals surface area contributed by atoms with E-state index in [1.807, 2.05) is 44.4 Å². The van der Waals surface area contributed by atoms with Gasteiger partial charge in [-0.15, -0.1) is 0 Å². The zero-order valence-corrected chi connectivity index (χ0v) is 12.7. The smallest absolute Gasteiger partial charge is 0.124 e. The summed E-state index contributed by atoms with van der Waals surface area (Å²) in [5, 5.41) is 17.4. The van der Waals surface area contributed by atoms with Crippen LogP contribution >= 0.6 is 0 Å². The highest BCUT2D eigenvalue weighted by atomic mass is 16.3. The van der Waals surface area contributed by atoms with Crippen molar-refractivity contribution in [1.29, 1.82) is 0 Å². The van der Waals surface area contributed by atoms with Gasteiger partial charge in [0, 0.05) is 31.6 Å². The standard InChI is InChI=1S/C18H19N3O/c1-21(2)17-11-9-15(10-12-17)6-5-13-19-20-14-16-7-3-4-8-18(16)22/h3-14,22H,1-2H3/b6-5-,19-13+,20-14+. The molecule has 22 heavy (non-hydrogen) atoms. The van der Waals surface area contributed by atoms with E-state index in [-0.39, 0.29) is 5.75 Å². The number of phenols is 1. The van der Waals surface area contributed by atoms with Crippen molar-refractivity contribution in [2.24, 2.45) is 10.2 Å². The Hall–Kier alpha value is -2.88. The second-order valence-electron chi connectivity index (χ2n) is 4.91. The Kier molecular flexibility index (Phi) is 5.49. The molecular formula is C18H19N3O. The van der Waals surface area contributed by atoms with Crippen molar-refractivity contribution in [2.75, 3.05) is 19.0 Å². The number of aromatic hydroxyl groups is 1. The molecule has 4 heteroatoms. The topological polar surface area (TPSA) is 48.2 Å². The Balaban J connectivity index is 1.90. The third-order valence-corrected chi connectivity index (χ3v) is 3.05. The van der Waals surface area contributed by atoms with Crippen LogP contribution in [0.4, 0.5) is 5.69 Å². The molecule has 0 heterocycles. The van der Waals surface area contributed by atoms with Gasteiger partial charge in [-0.1, -0.05) is 30.3 Å². The average Bonchev–Trinajstić information content (AvgIpc) is 2.53. The highest BCUT2D eigenvalue weighted by molar-refractivity contribution is 5.84. The lowest BCUT2D eigenvalue weighted by Gasteiger charge is -2.11. The summed E-state index contributed by atoms with van der Waals surface area (Å²) in [6, 6.07) is 15.2. The molecule has 0 amide bonds. The van der Waals surface area contributed by atoms with Crippen LogP contribution < -0.4 is 4.90 Å². The first-order valence-corrected chi connectivity index (χ1v) is 6.95. The van der Waals surface area contributed by atoms with E-state index >= 15 is 0 Å². The molecule has 0 aliphatic rings. The molecular weight excluding hydrogens is 274 g/mol. The summed E-state index contributed by atoms with van der Waals surface area (Å²) in [5.41, 5.74) is 2.91. The van der Waals surface area contributed by atoms with Gasteiger partial charge in [0.1, 0.15) is 5.75 Å². The van der Waals surface area contributed by atoms with Crippen LogP contribution in [-0.4, -0.2) is 31.6 Å². The third kappa shape index (κ3) is 4.59. The van der Waals surface area contributed by atoms with Crippen molar-refractivity contribution in [3.63, 3.8) is 0 Å². The van der Waals surface area contributed by atoms with Crippen LogP contribution in [-0.2, 0) is 0 Å². The van der Waals surface area contributed by atoms with E-state index < -0.39 is 0 Å². The van der Waals surface area contributed by atoms with E-state index in [1.165, 1.54) is 6.21 Å². The van der Waals surface area contributed by atoms with Gasteiger partial charge in [-0.25, -0.2) is 0 Å². The largest absolute Gasteiger partial charge is 0.507 e. The predicted octanol–water partition coefficient (Wildman–Crippen LogP) is 3.58. The monoisotopic (exact) mass is 293 g/mol. The normalized spacial score (nSPS) is 11.7. The van der Waals surface area contributed by atoms with Crippen molar-refractivity contribution in [3.8, 4) is 5.75 Å². The maximum Gasteiger partial charge on any atom is 0.124 e. The Labute approximate surface area is 130 Å². The summed E-state index contributed by atoms with van der Waals surface area (Å²) in [4.78, 5) is 2.06. The van der Waals surface area contributed by atoms with Gasteiger partial charge >= 0.3 is 0 Å². The van der Waals surface area contributed by atoms with E-state index in [1.54, 1.807) is 24.4 Å². The first-order valence-electron chi connectivity index (χ1n) is 6.95. The molecule has 0 aliphatic heterocycles. The number of anilines is 1. The molecule has 0 saturated heterocycles. The quantitative estimate of drug-likeness (QED) is 0.676. The summed E-state index contributed by atoms with van der Waals surface area (Å²) in [6.45, 7) is 0. The highest BCUT2D eigenvalue weighted by Gasteiger charge is 1.94. The van der Waals surface area contributed by atoms with Gasteiger partial charge in [0.05, 0.1) is 6.21 Å². The molecule has 0 atom stereocenters. The molecule has 1 N–H and O–H groups in total. The zero-order valence-electron chi connectivity index (χ0n) is 12.7. The van der Waals surface area contributed by atoms with E-state index in [0.717, 1.165) is 11.3 Å². The van der Waals surface area contributed by atoms with Crippen LogP contribution in [0.1, 0.15) is 11.1 Å². The number of allylic oxidation sites excluding steroid dienone is 1. The van der Waals surface area contributed by atoms with Crippen LogP contribution in [0.3, 0.4) is 0 Å². The van der Waals surface area contributed by atoms with Crippen LogP contribution in [0.25, 0.3) is 6.08 Å². The Morgan fingerprint density at radius 2 is 1.68 bits per heavy atom. The molecule has 0 bridgehead atoms. The summed E-state index contributed by atoms with van der Waals surface area (Å²) in [7, 11) is 4.03. The first kappa shape index (κ1) is 15.5. The summed E-state index contributed by atoms with van der Waals surface area (Å²) < 4.78 is 0. The van der Waals surface area contributed by atoms with Gasteiger partial charge in [-0.3, -0.25) is 0 Å². The lowest BCUT2D eigenvalue weighted by molar-refractivity contribution is 0.474. The van der Waals surface area contributed by atoms with Crippen LogP contribution in [0.5, 0.6) is 5.75 Å². The van der Waals surface area contributed by atoms with Crippen molar-refractivity contribution >= 4 is 24.2 Å². The van der Waals surface area contributed by atoms with Gasteiger partial charge in [0.15, 0.2) is 0 Å². The summed E-state index contributed by atoms with van der Waals surface area (Å²) >= 11 is 0. The molecule has 0 aromatic heterocycles. The number of para-hydroxylation sites is 1. The van der Waals surface area contributed by atoms with E-state index in [4.69, 9.17) is 0 Å². The molecule has 0 spiro atoms. The molecule has 0 unspecified atom stereocenters. The Bertz CT molecular complexity index is 686. The van der Waals surface area contributed by atoms with Crippen LogP contribution in [0.15, 0.2) is 64.8 Å². The maximum absolute atomic E-state index is 9.56. The minimum atomic E-state index is 0.193. The van der Waals surface area contributed by atoms with Crippen molar-refractivity contribution in [3.05, 3.63) is 65.7 Å². The van der Waals surface area contributed by atoms with Gasteiger partial charge in [-0.05, 0) is 35.9 Å². The van der Waals surface area contributed by atoms with Crippen molar-refractivity contribution in [1.82, 2.24) is 0 Å². The number of benzene rings is 2. The molecule has 4 nitrogen and oxygen atoms in total. The fourth-order valence-corrected chi connectivity index (χ4v) is 1.81. The first-order chi connectivity index (χ1) is 10.7. The molecule has 0 aliphatic carbocycles. The van der Waals surface area contributed by atoms with Gasteiger partial charge < -0.3 is 10.0 Å². The number of hydrogen-bond donors (Lipinski definition) is 1. The SMILES string of the molecule is CN(C)c1ccc(\C=C/C=N/N=C/c2ccccc2O)cc1. The van der Waals surface area contributed by atoms with Gasteiger partial charge in [0.2, 0.25) is 0 Å². The Morgan fingerprint density at radius 1 is 0.955 bits per heavy atom.